The molecule has 34 heavy (non-hydrogen) atoms. The summed E-state index contributed by atoms with van der Waals surface area (Å²) in [6.45, 7) is 10.7. The Morgan fingerprint density at radius 2 is 1.85 bits per heavy atom. The van der Waals surface area contributed by atoms with E-state index in [1.54, 1.807) is 18.2 Å². The van der Waals surface area contributed by atoms with Crippen LogP contribution in [0, 0.1) is 16.7 Å². The number of anilines is 1. The van der Waals surface area contributed by atoms with Crippen LogP contribution in [-0.4, -0.2) is 37.2 Å². The van der Waals surface area contributed by atoms with Gasteiger partial charge in [-0.25, -0.2) is 4.79 Å². The molecule has 2 aromatic carbocycles. The molecule has 0 N–H and O–H groups in total. The third-order valence-corrected chi connectivity index (χ3v) is 8.63. The number of fused-ring (bicyclic) bond motifs is 1. The first-order chi connectivity index (χ1) is 16.2. The van der Waals surface area contributed by atoms with Gasteiger partial charge in [-0.15, -0.1) is 0 Å². The van der Waals surface area contributed by atoms with Crippen molar-refractivity contribution in [2.45, 2.75) is 46.6 Å². The van der Waals surface area contributed by atoms with Gasteiger partial charge < -0.3 is 19.3 Å². The zero-order valence-corrected chi connectivity index (χ0v) is 21.6. The Labute approximate surface area is 211 Å². The molecule has 0 radical (unpaired) electrons. The van der Waals surface area contributed by atoms with E-state index < -0.39 is 0 Å². The van der Waals surface area contributed by atoms with Crippen molar-refractivity contribution >= 4 is 35.0 Å². The summed E-state index contributed by atoms with van der Waals surface area (Å²) in [7, 11) is 0. The van der Waals surface area contributed by atoms with Crippen molar-refractivity contribution in [3.05, 3.63) is 52.0 Å². The summed E-state index contributed by atoms with van der Waals surface area (Å²) >= 11 is 12.2. The van der Waals surface area contributed by atoms with Crippen molar-refractivity contribution < 1.29 is 14.3 Å². The summed E-state index contributed by atoms with van der Waals surface area (Å²) in [4.78, 5) is 17.3. The lowest BCUT2D eigenvalue weighted by Crippen LogP contribution is -2.37. The highest BCUT2D eigenvalue weighted by molar-refractivity contribution is 6.42. The van der Waals surface area contributed by atoms with E-state index in [0.717, 1.165) is 37.4 Å². The van der Waals surface area contributed by atoms with Crippen LogP contribution in [0.4, 0.5) is 10.5 Å². The van der Waals surface area contributed by atoms with Crippen molar-refractivity contribution in [1.82, 2.24) is 4.90 Å². The molecule has 2 unspecified atom stereocenters. The van der Waals surface area contributed by atoms with Crippen molar-refractivity contribution in [2.24, 2.45) is 16.7 Å². The minimum absolute atomic E-state index is 0.183. The van der Waals surface area contributed by atoms with Gasteiger partial charge in [0.2, 0.25) is 0 Å². The lowest BCUT2D eigenvalue weighted by atomic mass is 9.77. The molecule has 3 fully saturated rings. The lowest BCUT2D eigenvalue weighted by molar-refractivity contribution is 0.138. The summed E-state index contributed by atoms with van der Waals surface area (Å²) in [6.07, 6.45) is 3.31. The average Bonchev–Trinajstić information content (AvgIpc) is 3.16. The van der Waals surface area contributed by atoms with E-state index in [1.165, 1.54) is 19.3 Å². The maximum absolute atomic E-state index is 13.1. The van der Waals surface area contributed by atoms with Crippen LogP contribution in [0.2, 0.25) is 10.0 Å². The zero-order valence-electron chi connectivity index (χ0n) is 20.1. The van der Waals surface area contributed by atoms with Gasteiger partial charge in [-0.3, -0.25) is 0 Å². The van der Waals surface area contributed by atoms with Gasteiger partial charge in [-0.05, 0) is 66.3 Å². The van der Waals surface area contributed by atoms with E-state index in [2.05, 4.69) is 31.7 Å². The maximum atomic E-state index is 13.1. The number of piperidine rings is 1. The maximum Gasteiger partial charge on any atom is 0.415 e. The van der Waals surface area contributed by atoms with Gasteiger partial charge in [0, 0.05) is 43.5 Å². The molecule has 2 heterocycles. The summed E-state index contributed by atoms with van der Waals surface area (Å²) in [5.41, 5.74) is 2.37. The number of carbonyl (C=O) groups is 1. The van der Waals surface area contributed by atoms with Gasteiger partial charge in [0.1, 0.15) is 18.1 Å². The molecule has 2 atom stereocenters. The number of ether oxygens (including phenoxy) is 2. The Kier molecular flexibility index (Phi) is 6.14. The van der Waals surface area contributed by atoms with E-state index in [-0.39, 0.29) is 23.5 Å². The Balaban J connectivity index is 1.33. The molecule has 7 heteroatoms. The van der Waals surface area contributed by atoms with Crippen LogP contribution < -0.4 is 14.4 Å². The Bertz CT molecular complexity index is 1090. The standard InChI is InChI=1S/C27H32Cl2N2O3/c1-26(2,3)27-14-19(27)15-31(17-27)25(32)34-24-9-6-20(30-10-4-5-11-30)12-18(24)16-33-21-7-8-22(28)23(29)13-21/h6-9,12-13,19H,4-5,10-11,14-17H2,1-3H3. The highest BCUT2D eigenvalue weighted by Gasteiger charge is 2.66. The third kappa shape index (κ3) is 4.45. The van der Waals surface area contributed by atoms with Crippen molar-refractivity contribution in [3.8, 4) is 11.5 Å². The molecule has 0 bridgehead atoms. The Morgan fingerprint density at radius 1 is 1.09 bits per heavy atom. The second-order valence-corrected chi connectivity index (χ2v) is 11.7. The molecule has 5 nitrogen and oxygen atoms in total. The fourth-order valence-corrected chi connectivity index (χ4v) is 5.90. The summed E-state index contributed by atoms with van der Waals surface area (Å²) in [5, 5.41) is 0.924. The summed E-state index contributed by atoms with van der Waals surface area (Å²) in [6, 6.07) is 11.2. The minimum atomic E-state index is -0.277. The van der Waals surface area contributed by atoms with Crippen LogP contribution in [0.3, 0.4) is 0 Å². The molecule has 182 valence electrons. The Hall–Kier alpha value is -2.11. The van der Waals surface area contributed by atoms with Crippen LogP contribution in [-0.2, 0) is 6.61 Å². The van der Waals surface area contributed by atoms with E-state index in [0.29, 0.717) is 27.5 Å². The second kappa shape index (κ2) is 8.83. The minimum Gasteiger partial charge on any atom is -0.489 e. The monoisotopic (exact) mass is 502 g/mol. The van der Waals surface area contributed by atoms with Gasteiger partial charge in [-0.2, -0.15) is 0 Å². The summed E-state index contributed by atoms with van der Waals surface area (Å²) in [5.74, 6) is 1.73. The highest BCUT2D eigenvalue weighted by atomic mass is 35.5. The molecule has 2 aromatic rings. The molecule has 2 saturated heterocycles. The molecule has 5 rings (SSSR count). The zero-order chi connectivity index (χ0) is 24.1. The Morgan fingerprint density at radius 3 is 2.53 bits per heavy atom. The van der Waals surface area contributed by atoms with Gasteiger partial charge in [0.25, 0.3) is 0 Å². The summed E-state index contributed by atoms with van der Waals surface area (Å²) < 4.78 is 12.0. The molecule has 0 aromatic heterocycles. The first kappa shape index (κ1) is 23.6. The van der Waals surface area contributed by atoms with E-state index in [9.17, 15) is 4.79 Å². The number of carbonyl (C=O) groups excluding carboxylic acids is 1. The third-order valence-electron chi connectivity index (χ3n) is 7.90. The van der Waals surface area contributed by atoms with Crippen LogP contribution in [0.1, 0.15) is 45.6 Å². The number of hydrogen-bond acceptors (Lipinski definition) is 4. The molecule has 3 aliphatic rings. The van der Waals surface area contributed by atoms with Crippen molar-refractivity contribution in [1.29, 1.82) is 0 Å². The van der Waals surface area contributed by atoms with Crippen LogP contribution >= 0.6 is 23.2 Å². The van der Waals surface area contributed by atoms with Crippen LogP contribution in [0.5, 0.6) is 11.5 Å². The van der Waals surface area contributed by atoms with Gasteiger partial charge in [-0.1, -0.05) is 44.0 Å². The van der Waals surface area contributed by atoms with E-state index in [1.807, 2.05) is 17.0 Å². The van der Waals surface area contributed by atoms with Gasteiger partial charge >= 0.3 is 6.09 Å². The average molecular weight is 503 g/mol. The predicted octanol–water partition coefficient (Wildman–Crippen LogP) is 7.04. The molecule has 1 saturated carbocycles. The smallest absolute Gasteiger partial charge is 0.415 e. The number of nitrogens with zero attached hydrogens (tertiary/aromatic N) is 2. The van der Waals surface area contributed by atoms with E-state index >= 15 is 0 Å². The molecule has 2 aliphatic heterocycles. The fourth-order valence-electron chi connectivity index (χ4n) is 5.62. The number of likely N-dealkylation sites (tertiary alicyclic amines) is 1. The second-order valence-electron chi connectivity index (χ2n) is 10.9. The number of amides is 1. The first-order valence-corrected chi connectivity index (χ1v) is 12.8. The largest absolute Gasteiger partial charge is 0.489 e. The van der Waals surface area contributed by atoms with Gasteiger partial charge in [0.05, 0.1) is 10.0 Å². The predicted molar refractivity (Wildman–Crippen MR) is 136 cm³/mol. The number of hydrogen-bond donors (Lipinski definition) is 0. The number of halogens is 2. The molecular weight excluding hydrogens is 471 g/mol. The van der Waals surface area contributed by atoms with Gasteiger partial charge in [0.15, 0.2) is 0 Å². The van der Waals surface area contributed by atoms with Crippen LogP contribution in [0.25, 0.3) is 0 Å². The fraction of sp³-hybridized carbons (Fsp3) is 0.519. The topological polar surface area (TPSA) is 42.0 Å². The number of benzene rings is 2. The molecular formula is C27H32Cl2N2O3. The number of rotatable bonds is 5. The SMILES string of the molecule is CC(C)(C)C12CC1CN(C(=O)Oc1ccc(N3CCCC3)cc1COc1ccc(Cl)c(Cl)c1)C2. The first-order valence-electron chi connectivity index (χ1n) is 12.1. The molecule has 1 aliphatic carbocycles. The quantitative estimate of drug-likeness (QED) is 0.439. The lowest BCUT2D eigenvalue weighted by Gasteiger charge is -2.31. The molecule has 0 spiro atoms. The van der Waals surface area contributed by atoms with Crippen molar-refractivity contribution in [2.75, 3.05) is 31.1 Å². The van der Waals surface area contributed by atoms with E-state index in [4.69, 9.17) is 32.7 Å². The van der Waals surface area contributed by atoms with Crippen molar-refractivity contribution in [3.63, 3.8) is 0 Å². The van der Waals surface area contributed by atoms with Crippen LogP contribution in [0.15, 0.2) is 36.4 Å². The normalized spacial score (nSPS) is 23.7. The highest BCUT2D eigenvalue weighted by Crippen LogP contribution is 2.66. The molecule has 1 amide bonds.